The normalized spacial score (nSPS) is 13.9. The van der Waals surface area contributed by atoms with Crippen molar-refractivity contribution in [2.24, 2.45) is 0 Å². The number of carbonyl (C=O) groups is 1. The van der Waals surface area contributed by atoms with Crippen molar-refractivity contribution in [2.45, 2.75) is 38.2 Å². The monoisotopic (exact) mass is 450 g/mol. The predicted molar refractivity (Wildman–Crippen MR) is 127 cm³/mol. The van der Waals surface area contributed by atoms with Crippen LogP contribution in [0.25, 0.3) is 11.1 Å². The summed E-state index contributed by atoms with van der Waals surface area (Å²) in [4.78, 5) is 13.1. The molecule has 0 saturated carbocycles. The van der Waals surface area contributed by atoms with Gasteiger partial charge in [0.2, 0.25) is 5.91 Å². The molecule has 0 unspecified atom stereocenters. The molecule has 32 heavy (non-hydrogen) atoms. The Morgan fingerprint density at radius 1 is 1.00 bits per heavy atom. The van der Waals surface area contributed by atoms with Crippen LogP contribution in [0.3, 0.4) is 0 Å². The van der Waals surface area contributed by atoms with Crippen LogP contribution in [-0.2, 0) is 21.2 Å². The number of benzene rings is 3. The number of hydrogen-bond acceptors (Lipinski definition) is 4. The maximum Gasteiger partial charge on any atom is 0.265 e. The molecule has 0 radical (unpaired) electrons. The quantitative estimate of drug-likeness (QED) is 0.582. The SMILES string of the molecule is CCc1ccc2c(c1)-c1ccccc1S(=O)(=O)N2CC(=O)Nc1cccc(OC(C)C)c1. The van der Waals surface area contributed by atoms with E-state index < -0.39 is 15.9 Å². The number of hydrogen-bond donors (Lipinski definition) is 1. The lowest BCUT2D eigenvalue weighted by molar-refractivity contribution is -0.114. The van der Waals surface area contributed by atoms with E-state index in [0.717, 1.165) is 17.5 Å². The number of fused-ring (bicyclic) bond motifs is 3. The second-order valence-corrected chi connectivity index (χ2v) is 9.79. The van der Waals surface area contributed by atoms with Gasteiger partial charge in [-0.2, -0.15) is 0 Å². The van der Waals surface area contributed by atoms with E-state index >= 15 is 0 Å². The molecule has 1 aliphatic rings. The average Bonchev–Trinajstić information content (AvgIpc) is 2.76. The first-order valence-corrected chi connectivity index (χ1v) is 12.0. The van der Waals surface area contributed by atoms with E-state index in [1.165, 1.54) is 4.31 Å². The largest absolute Gasteiger partial charge is 0.491 e. The number of rotatable bonds is 6. The highest BCUT2D eigenvalue weighted by atomic mass is 32.2. The molecule has 1 N–H and O–H groups in total. The molecule has 7 heteroatoms. The maximum atomic E-state index is 13.4. The summed E-state index contributed by atoms with van der Waals surface area (Å²) in [6.45, 7) is 5.57. The third-order valence-electron chi connectivity index (χ3n) is 5.26. The van der Waals surface area contributed by atoms with Crippen LogP contribution in [0.2, 0.25) is 0 Å². The minimum Gasteiger partial charge on any atom is -0.491 e. The number of anilines is 2. The molecular formula is C25H26N2O4S. The minimum absolute atomic E-state index is 0.00373. The van der Waals surface area contributed by atoms with Gasteiger partial charge in [-0.05, 0) is 56.2 Å². The van der Waals surface area contributed by atoms with Crippen molar-refractivity contribution in [1.82, 2.24) is 0 Å². The van der Waals surface area contributed by atoms with E-state index in [1.54, 1.807) is 36.4 Å². The minimum atomic E-state index is -3.88. The molecule has 1 heterocycles. The molecule has 1 amide bonds. The molecule has 3 aromatic carbocycles. The first kappa shape index (κ1) is 21.9. The van der Waals surface area contributed by atoms with Gasteiger partial charge in [-0.3, -0.25) is 9.10 Å². The average molecular weight is 451 g/mol. The molecule has 0 saturated heterocycles. The van der Waals surface area contributed by atoms with Crippen molar-refractivity contribution < 1.29 is 17.9 Å². The van der Waals surface area contributed by atoms with Gasteiger partial charge in [0.15, 0.2) is 0 Å². The lowest BCUT2D eigenvalue weighted by atomic mass is 9.99. The zero-order chi connectivity index (χ0) is 22.9. The molecule has 0 aliphatic carbocycles. The highest BCUT2D eigenvalue weighted by molar-refractivity contribution is 7.93. The van der Waals surface area contributed by atoms with Crippen LogP contribution in [0.15, 0.2) is 71.6 Å². The molecule has 0 spiro atoms. The maximum absolute atomic E-state index is 13.4. The van der Waals surface area contributed by atoms with Crippen LogP contribution in [0.5, 0.6) is 5.75 Å². The molecule has 4 rings (SSSR count). The summed E-state index contributed by atoms with van der Waals surface area (Å²) < 4.78 is 33.7. The van der Waals surface area contributed by atoms with Crippen molar-refractivity contribution in [3.8, 4) is 16.9 Å². The molecule has 0 bridgehead atoms. The summed E-state index contributed by atoms with van der Waals surface area (Å²) in [5.41, 5.74) is 3.63. The third kappa shape index (κ3) is 4.21. The smallest absolute Gasteiger partial charge is 0.265 e. The number of nitrogens with one attached hydrogen (secondary N) is 1. The summed E-state index contributed by atoms with van der Waals surface area (Å²) in [5.74, 6) is 0.204. The Kier molecular flexibility index (Phi) is 5.93. The Morgan fingerprint density at radius 3 is 2.53 bits per heavy atom. The van der Waals surface area contributed by atoms with Gasteiger partial charge in [-0.25, -0.2) is 8.42 Å². The summed E-state index contributed by atoms with van der Waals surface area (Å²) in [5, 5.41) is 2.79. The molecule has 6 nitrogen and oxygen atoms in total. The van der Waals surface area contributed by atoms with Gasteiger partial charge in [0.25, 0.3) is 10.0 Å². The van der Waals surface area contributed by atoms with Gasteiger partial charge in [0, 0.05) is 22.9 Å². The Morgan fingerprint density at radius 2 is 1.78 bits per heavy atom. The lowest BCUT2D eigenvalue weighted by Gasteiger charge is -2.32. The van der Waals surface area contributed by atoms with E-state index in [0.29, 0.717) is 22.7 Å². The Bertz CT molecular complexity index is 1270. The highest BCUT2D eigenvalue weighted by Crippen LogP contribution is 2.43. The Labute approximate surface area is 188 Å². The molecule has 1 aliphatic heterocycles. The topological polar surface area (TPSA) is 75.7 Å². The Hall–Kier alpha value is -3.32. The summed E-state index contributed by atoms with van der Waals surface area (Å²) in [6.07, 6.45) is 0.835. The third-order valence-corrected chi connectivity index (χ3v) is 7.08. The summed E-state index contributed by atoms with van der Waals surface area (Å²) in [7, 11) is -3.88. The van der Waals surface area contributed by atoms with Crippen LogP contribution < -0.4 is 14.4 Å². The van der Waals surface area contributed by atoms with Gasteiger partial charge >= 0.3 is 0 Å². The fourth-order valence-corrected chi connectivity index (χ4v) is 5.47. The highest BCUT2D eigenvalue weighted by Gasteiger charge is 2.35. The number of aryl methyl sites for hydroxylation is 1. The molecular weight excluding hydrogens is 424 g/mol. The molecule has 0 atom stereocenters. The summed E-state index contributed by atoms with van der Waals surface area (Å²) in [6, 6.07) is 19.7. The van der Waals surface area contributed by atoms with E-state index in [9.17, 15) is 13.2 Å². The number of nitrogens with zero attached hydrogens (tertiary/aromatic N) is 1. The van der Waals surface area contributed by atoms with E-state index in [1.807, 2.05) is 44.2 Å². The number of ether oxygens (including phenoxy) is 1. The van der Waals surface area contributed by atoms with Crippen molar-refractivity contribution in [1.29, 1.82) is 0 Å². The van der Waals surface area contributed by atoms with Gasteiger partial charge in [-0.15, -0.1) is 0 Å². The summed E-state index contributed by atoms with van der Waals surface area (Å²) >= 11 is 0. The number of sulfonamides is 1. The van der Waals surface area contributed by atoms with E-state index in [-0.39, 0.29) is 17.5 Å². The van der Waals surface area contributed by atoms with E-state index in [2.05, 4.69) is 12.2 Å². The van der Waals surface area contributed by atoms with Crippen LogP contribution >= 0.6 is 0 Å². The second kappa shape index (κ2) is 8.67. The second-order valence-electron chi connectivity index (χ2n) is 7.96. The van der Waals surface area contributed by atoms with Crippen LogP contribution in [-0.4, -0.2) is 27.0 Å². The van der Waals surface area contributed by atoms with Crippen LogP contribution in [0.1, 0.15) is 26.3 Å². The molecule has 3 aromatic rings. The van der Waals surface area contributed by atoms with Gasteiger partial charge in [-0.1, -0.05) is 37.3 Å². The van der Waals surface area contributed by atoms with Gasteiger partial charge in [0.1, 0.15) is 12.3 Å². The number of carbonyl (C=O) groups excluding carboxylic acids is 1. The van der Waals surface area contributed by atoms with Gasteiger partial charge in [0.05, 0.1) is 16.7 Å². The van der Waals surface area contributed by atoms with Crippen LogP contribution in [0, 0.1) is 0 Å². The standard InChI is InChI=1S/C25H26N2O4S/c1-4-18-12-13-23-22(14-18)21-10-5-6-11-24(21)32(29,30)27(23)16-25(28)26-19-8-7-9-20(15-19)31-17(2)3/h5-15,17H,4,16H2,1-3H3,(H,26,28). The Balaban J connectivity index is 1.66. The fourth-order valence-electron chi connectivity index (χ4n) is 3.82. The van der Waals surface area contributed by atoms with Crippen molar-refractivity contribution >= 4 is 27.3 Å². The van der Waals surface area contributed by atoms with Gasteiger partial charge < -0.3 is 10.1 Å². The first-order valence-electron chi connectivity index (χ1n) is 10.6. The van der Waals surface area contributed by atoms with Crippen LogP contribution in [0.4, 0.5) is 11.4 Å². The molecule has 0 aromatic heterocycles. The fraction of sp³-hybridized carbons (Fsp3) is 0.240. The molecule has 166 valence electrons. The van der Waals surface area contributed by atoms with Crippen molar-refractivity contribution in [3.05, 3.63) is 72.3 Å². The van der Waals surface area contributed by atoms with Crippen molar-refractivity contribution in [2.75, 3.05) is 16.2 Å². The lowest BCUT2D eigenvalue weighted by Crippen LogP contribution is -2.40. The molecule has 0 fully saturated rings. The van der Waals surface area contributed by atoms with Crippen molar-refractivity contribution in [3.63, 3.8) is 0 Å². The number of amides is 1. The zero-order valence-corrected chi connectivity index (χ0v) is 19.1. The zero-order valence-electron chi connectivity index (χ0n) is 18.3. The predicted octanol–water partition coefficient (Wildman–Crippen LogP) is 4.85. The van der Waals surface area contributed by atoms with E-state index in [4.69, 9.17) is 4.74 Å². The first-order chi connectivity index (χ1) is 15.3.